The number of benzene rings is 1. The number of hydrogen-bond donors (Lipinski definition) is 4. The topological polar surface area (TPSA) is 297 Å². The van der Waals surface area contributed by atoms with Crippen LogP contribution < -0.4 is 20.5 Å². The first kappa shape index (κ1) is 39.3. The molecule has 2 aliphatic rings. The van der Waals surface area contributed by atoms with Crippen LogP contribution in [0.4, 0.5) is 5.13 Å². The fourth-order valence-electron chi connectivity index (χ4n) is 5.40. The highest BCUT2D eigenvalue weighted by molar-refractivity contribution is 8.01. The third-order valence-corrected chi connectivity index (χ3v) is 10.8. The van der Waals surface area contributed by atoms with Gasteiger partial charge >= 0.3 is 29.8 Å². The number of thiazole rings is 1. The molecule has 1 saturated heterocycles. The van der Waals surface area contributed by atoms with E-state index < -0.39 is 64.6 Å². The number of nitrogens with one attached hydrogen (secondary N) is 1. The Labute approximate surface area is 326 Å². The Balaban J connectivity index is 1.21. The number of nitrogens with two attached hydrogens (primary N) is 1. The number of aliphatic carboxylic acids is 1. The average molecular weight is 826 g/mol. The van der Waals surface area contributed by atoms with Crippen LogP contribution in [0, 0.1) is 13.8 Å². The Bertz CT molecular complexity index is 2440. The van der Waals surface area contributed by atoms with Crippen LogP contribution in [0.1, 0.15) is 51.8 Å². The average Bonchev–Trinajstić information content (AvgIpc) is 3.76. The molecule has 1 fully saturated rings. The van der Waals surface area contributed by atoms with Gasteiger partial charge in [-0.15, -0.1) is 40.0 Å². The number of ether oxygens (including phenoxy) is 2. The van der Waals surface area contributed by atoms with Crippen molar-refractivity contribution in [2.45, 2.75) is 44.1 Å². The number of oxime groups is 1. The Morgan fingerprint density at radius 1 is 1.02 bits per heavy atom. The third kappa shape index (κ3) is 8.01. The zero-order valence-corrected chi connectivity index (χ0v) is 31.7. The first-order valence-corrected chi connectivity index (χ1v) is 18.8. The number of rotatable bonds is 12. The first-order chi connectivity index (χ1) is 26.5. The highest BCUT2D eigenvalue weighted by Crippen LogP contribution is 2.42. The number of esters is 2. The molecule has 5 N–H and O–H groups in total. The molecule has 0 spiro atoms. The molecule has 0 saturated carbocycles. The Kier molecular flexibility index (Phi) is 11.1. The molecule has 2 amide bonds. The second-order valence-corrected chi connectivity index (χ2v) is 14.8. The minimum atomic E-state index is -1.38. The number of carbonyl (C=O) groups excluding carboxylic acids is 5. The molecule has 24 heteroatoms. The largest absolute Gasteiger partial charge is 0.477 e. The van der Waals surface area contributed by atoms with Crippen molar-refractivity contribution in [3.63, 3.8) is 0 Å². The minimum Gasteiger partial charge on any atom is -0.477 e. The number of carboxylic acids is 2. The van der Waals surface area contributed by atoms with Crippen LogP contribution in [0.25, 0.3) is 5.78 Å². The molecular formula is C32H27N9O12S3. The molecule has 290 valence electrons. The van der Waals surface area contributed by atoms with Crippen molar-refractivity contribution < 1.29 is 58.1 Å². The molecule has 3 aromatic heterocycles. The number of hydrogen-bond acceptors (Lipinski definition) is 19. The number of aromatic nitrogens is 5. The van der Waals surface area contributed by atoms with E-state index in [2.05, 4.69) is 30.5 Å². The molecule has 0 unspecified atom stereocenters. The fourth-order valence-corrected chi connectivity index (χ4v) is 8.48. The monoisotopic (exact) mass is 825 g/mol. The normalized spacial score (nSPS) is 16.5. The Morgan fingerprint density at radius 2 is 1.71 bits per heavy atom. The maximum atomic E-state index is 13.7. The van der Waals surface area contributed by atoms with Crippen molar-refractivity contribution in [3.05, 3.63) is 63.2 Å². The van der Waals surface area contributed by atoms with Crippen molar-refractivity contribution in [2.24, 2.45) is 5.16 Å². The van der Waals surface area contributed by atoms with Crippen LogP contribution in [0.2, 0.25) is 0 Å². The van der Waals surface area contributed by atoms with Crippen molar-refractivity contribution >= 4 is 93.1 Å². The van der Waals surface area contributed by atoms with Crippen LogP contribution in [0.5, 0.6) is 11.5 Å². The van der Waals surface area contributed by atoms with Gasteiger partial charge in [0.2, 0.25) is 0 Å². The lowest BCUT2D eigenvalue weighted by Gasteiger charge is -2.49. The number of β-lactam (4-membered cyclic amide) rings is 1. The van der Waals surface area contributed by atoms with Crippen LogP contribution in [0.3, 0.4) is 0 Å². The lowest BCUT2D eigenvalue weighted by Crippen LogP contribution is -2.71. The van der Waals surface area contributed by atoms with Crippen LogP contribution >= 0.6 is 34.9 Å². The number of nitrogen functional groups attached to an aromatic ring is 1. The zero-order chi connectivity index (χ0) is 40.6. The fraction of sp³-hybridized carbons (Fsp3) is 0.250. The number of carboxylic acid groups (broad SMARTS) is 2. The van der Waals surface area contributed by atoms with Gasteiger partial charge in [-0.1, -0.05) is 5.16 Å². The summed E-state index contributed by atoms with van der Waals surface area (Å²) in [4.78, 5) is 106. The minimum absolute atomic E-state index is 0.0407. The number of fused-ring (bicyclic) bond motifs is 2. The predicted octanol–water partition coefficient (Wildman–Crippen LogP) is 1.42. The van der Waals surface area contributed by atoms with E-state index in [0.717, 1.165) is 47.9 Å². The summed E-state index contributed by atoms with van der Waals surface area (Å²) in [6.07, 6.45) is 0. The van der Waals surface area contributed by atoms with Gasteiger partial charge in [-0.05, 0) is 43.2 Å². The summed E-state index contributed by atoms with van der Waals surface area (Å²) in [5, 5.41) is 30.7. The SMILES string of the molecule is CC(=O)Oc1cc(C)c(C(=O)ON=C(C(=O)N[C@@H]2C(=O)N3C(C(=O)O)=C(CSc4cc(C)nc5nc(C(=O)O)nn45)CS[C@H]23)c2csc(N)n2)cc1OC(C)=O. The van der Waals surface area contributed by atoms with Gasteiger partial charge in [0.25, 0.3) is 23.4 Å². The maximum Gasteiger partial charge on any atom is 0.375 e. The van der Waals surface area contributed by atoms with Crippen LogP contribution in [-0.4, -0.2) is 110 Å². The number of aromatic carboxylic acids is 1. The number of nitrogens with zero attached hydrogens (tertiary/aromatic N) is 7. The van der Waals surface area contributed by atoms with Crippen molar-refractivity contribution in [1.29, 1.82) is 0 Å². The lowest BCUT2D eigenvalue weighted by molar-refractivity contribution is -0.150. The Hall–Kier alpha value is -6.40. The van der Waals surface area contributed by atoms with E-state index in [9.17, 15) is 43.8 Å². The van der Waals surface area contributed by atoms with Gasteiger partial charge in [0.05, 0.1) is 5.56 Å². The van der Waals surface area contributed by atoms with Gasteiger partial charge in [0.15, 0.2) is 22.3 Å². The smallest absolute Gasteiger partial charge is 0.375 e. The van der Waals surface area contributed by atoms with E-state index in [4.69, 9.17) is 20.0 Å². The number of thioether (sulfide) groups is 2. The molecule has 2 atom stereocenters. The quantitative estimate of drug-likeness (QED) is 0.0229. The summed E-state index contributed by atoms with van der Waals surface area (Å²) in [5.74, 6) is -7.66. The standard InChI is InChI=1S/C32H27N9O12S3/c1-11-5-18(51-13(3)42)19(52-14(4)43)7-16(11)30(50)53-39-21(17-10-56-31(33)35-17)25(44)36-22-26(45)40-23(28(46)47)15(9-55-27(22)40)8-54-20-6-12(2)34-32-37-24(29(48)49)38-41(20)32/h5-7,10,22,27H,8-9H2,1-4H3,(H2,33,35)(H,36,44)(H,46,47)(H,48,49)/t22-,27-/m1/s1. The van der Waals surface area contributed by atoms with E-state index in [0.29, 0.717) is 16.3 Å². The van der Waals surface area contributed by atoms with Gasteiger partial charge in [-0.25, -0.2) is 24.4 Å². The molecule has 0 bridgehead atoms. The molecule has 21 nitrogen and oxygen atoms in total. The Morgan fingerprint density at radius 3 is 2.34 bits per heavy atom. The number of carbonyl (C=O) groups is 7. The summed E-state index contributed by atoms with van der Waals surface area (Å²) < 4.78 is 11.4. The van der Waals surface area contributed by atoms with Crippen molar-refractivity contribution in [3.8, 4) is 11.5 Å². The summed E-state index contributed by atoms with van der Waals surface area (Å²) in [5.41, 5.74) is 5.81. The van der Waals surface area contributed by atoms with Gasteiger partial charge < -0.3 is 35.6 Å². The van der Waals surface area contributed by atoms with Gasteiger partial charge in [-0.3, -0.25) is 24.1 Å². The molecule has 4 aromatic rings. The number of anilines is 1. The van der Waals surface area contributed by atoms with E-state index in [1.807, 2.05) is 0 Å². The van der Waals surface area contributed by atoms with Crippen LogP contribution in [0.15, 0.2) is 45.0 Å². The molecule has 6 rings (SSSR count). The molecule has 5 heterocycles. The molecular weight excluding hydrogens is 799 g/mol. The van der Waals surface area contributed by atoms with Crippen LogP contribution in [-0.2, 0) is 28.8 Å². The molecule has 56 heavy (non-hydrogen) atoms. The second-order valence-electron chi connectivity index (χ2n) is 11.8. The summed E-state index contributed by atoms with van der Waals surface area (Å²) in [6, 6.07) is 2.77. The van der Waals surface area contributed by atoms with E-state index in [1.54, 1.807) is 13.0 Å². The van der Waals surface area contributed by atoms with Crippen molar-refractivity contribution in [2.75, 3.05) is 17.2 Å². The van der Waals surface area contributed by atoms with Gasteiger partial charge in [0.1, 0.15) is 27.8 Å². The highest BCUT2D eigenvalue weighted by atomic mass is 32.2. The van der Waals surface area contributed by atoms with Gasteiger partial charge in [0, 0.05) is 36.4 Å². The highest BCUT2D eigenvalue weighted by Gasteiger charge is 2.54. The maximum absolute atomic E-state index is 13.7. The number of aryl methyl sites for hydroxylation is 2. The third-order valence-electron chi connectivity index (χ3n) is 7.75. The molecule has 0 aliphatic carbocycles. The molecule has 1 aromatic carbocycles. The summed E-state index contributed by atoms with van der Waals surface area (Å²) >= 11 is 3.28. The predicted molar refractivity (Wildman–Crippen MR) is 195 cm³/mol. The number of amides is 2. The van der Waals surface area contributed by atoms with E-state index >= 15 is 0 Å². The zero-order valence-electron chi connectivity index (χ0n) is 29.3. The molecule has 0 radical (unpaired) electrons. The summed E-state index contributed by atoms with van der Waals surface area (Å²) in [7, 11) is 0. The second kappa shape index (κ2) is 15.8. The van der Waals surface area contributed by atoms with E-state index in [1.165, 1.54) is 34.6 Å². The molecule has 2 aliphatic heterocycles. The summed E-state index contributed by atoms with van der Waals surface area (Å²) in [6.45, 7) is 5.38. The lowest BCUT2D eigenvalue weighted by atomic mass is 10.0. The first-order valence-electron chi connectivity index (χ1n) is 15.9. The van der Waals surface area contributed by atoms with Crippen molar-refractivity contribution in [1.82, 2.24) is 34.8 Å². The van der Waals surface area contributed by atoms with E-state index in [-0.39, 0.29) is 56.4 Å². The van der Waals surface area contributed by atoms with Gasteiger partial charge in [-0.2, -0.15) is 9.50 Å².